The number of nitrogens with one attached hydrogen (secondary N) is 1. The third-order valence-electron chi connectivity index (χ3n) is 2.27. The summed E-state index contributed by atoms with van der Waals surface area (Å²) in [6.07, 6.45) is 1.76. The summed E-state index contributed by atoms with van der Waals surface area (Å²) in [5.74, 6) is 1.64. The molecule has 0 atom stereocenters. The van der Waals surface area contributed by atoms with Gasteiger partial charge >= 0.3 is 0 Å². The fourth-order valence-electron chi connectivity index (χ4n) is 1.50. The van der Waals surface area contributed by atoms with E-state index in [1.54, 1.807) is 18.1 Å². The van der Waals surface area contributed by atoms with Crippen molar-refractivity contribution in [3.05, 3.63) is 54.2 Å². The zero-order valence-electron chi connectivity index (χ0n) is 8.42. The van der Waals surface area contributed by atoms with Gasteiger partial charge < -0.3 is 4.72 Å². The van der Waals surface area contributed by atoms with E-state index >= 15 is 0 Å². The van der Waals surface area contributed by atoms with Crippen LogP contribution in [-0.4, -0.2) is 10.8 Å². The number of aliphatic imine (C=N–C) groups is 1. The topological polar surface area (TPSA) is 37.3 Å². The van der Waals surface area contributed by atoms with Crippen LogP contribution in [0.1, 0.15) is 5.56 Å². The quantitative estimate of drug-likeness (QED) is 0.761. The van der Waals surface area contributed by atoms with Gasteiger partial charge in [0.05, 0.1) is 4.90 Å². The Balaban J connectivity index is 2.04. The van der Waals surface area contributed by atoms with Crippen LogP contribution in [0, 0.1) is 0 Å². The highest BCUT2D eigenvalue weighted by Gasteiger charge is 2.13. The lowest BCUT2D eigenvalue weighted by molar-refractivity contribution is 1.16. The molecule has 0 bridgehead atoms. The molecule has 0 amide bonds. The average Bonchev–Trinajstić information content (AvgIpc) is 2.39. The Bertz CT molecular complexity index is 537. The average molecular weight is 227 g/mol. The summed E-state index contributed by atoms with van der Waals surface area (Å²) in [5.41, 5.74) is 1.08. The second kappa shape index (κ2) is 3.98. The van der Waals surface area contributed by atoms with Crippen molar-refractivity contribution >= 4 is 23.6 Å². The zero-order chi connectivity index (χ0) is 10.8. The summed E-state index contributed by atoms with van der Waals surface area (Å²) in [6, 6.07) is 14.0. The molecule has 2 heterocycles. The molecule has 0 radical (unpaired) electrons. The third kappa shape index (κ3) is 1.67. The van der Waals surface area contributed by atoms with Crippen molar-refractivity contribution in [2.75, 3.05) is 0 Å². The molecule has 0 saturated carbocycles. The minimum Gasteiger partial charge on any atom is -0.310 e. The molecule has 0 unspecified atom stereocenters. The van der Waals surface area contributed by atoms with Crippen LogP contribution in [0.4, 0.5) is 5.82 Å². The zero-order valence-corrected chi connectivity index (χ0v) is 9.24. The largest absolute Gasteiger partial charge is 0.310 e. The van der Waals surface area contributed by atoms with Crippen molar-refractivity contribution < 1.29 is 0 Å². The maximum absolute atomic E-state index is 4.49. The second-order valence-electron chi connectivity index (χ2n) is 3.36. The lowest BCUT2D eigenvalue weighted by Crippen LogP contribution is -2.19. The first kappa shape index (κ1) is 9.42. The van der Waals surface area contributed by atoms with Gasteiger partial charge in [-0.15, -0.1) is 0 Å². The smallest absolute Gasteiger partial charge is 0.169 e. The van der Waals surface area contributed by atoms with Crippen LogP contribution in [0.15, 0.2) is 58.5 Å². The highest BCUT2D eigenvalue weighted by atomic mass is 32.2. The van der Waals surface area contributed by atoms with E-state index in [0.29, 0.717) is 0 Å². The normalized spacial score (nSPS) is 13.6. The third-order valence-corrected chi connectivity index (χ3v) is 3.11. The molecule has 0 fully saturated rings. The molecular formula is C12H9N3S. The molecule has 0 aliphatic carbocycles. The number of amidine groups is 1. The van der Waals surface area contributed by atoms with Crippen molar-refractivity contribution in [3.8, 4) is 0 Å². The Kier molecular flexibility index (Phi) is 2.34. The maximum Gasteiger partial charge on any atom is 0.169 e. The van der Waals surface area contributed by atoms with Crippen molar-refractivity contribution in [2.24, 2.45) is 4.99 Å². The van der Waals surface area contributed by atoms with E-state index in [1.807, 2.05) is 42.5 Å². The van der Waals surface area contributed by atoms with Crippen LogP contribution in [-0.2, 0) is 0 Å². The van der Waals surface area contributed by atoms with Gasteiger partial charge in [-0.2, -0.15) is 0 Å². The number of benzene rings is 1. The van der Waals surface area contributed by atoms with Crippen molar-refractivity contribution in [2.45, 2.75) is 4.90 Å². The lowest BCUT2D eigenvalue weighted by Gasteiger charge is -2.15. The fourth-order valence-corrected chi connectivity index (χ4v) is 2.20. The number of fused-ring (bicyclic) bond motifs is 1. The Hall–Kier alpha value is -1.81. The van der Waals surface area contributed by atoms with Gasteiger partial charge in [-0.1, -0.05) is 30.3 Å². The van der Waals surface area contributed by atoms with Crippen LogP contribution < -0.4 is 4.72 Å². The fraction of sp³-hybridized carbons (Fsp3) is 0. The van der Waals surface area contributed by atoms with E-state index in [4.69, 9.17) is 0 Å². The van der Waals surface area contributed by atoms with Gasteiger partial charge in [-0.05, 0) is 24.1 Å². The van der Waals surface area contributed by atoms with Crippen LogP contribution in [0.3, 0.4) is 0 Å². The standard InChI is InChI=1S/C12H9N3S/c1-2-5-9(6-3-1)11-14-12-10(16-15-11)7-4-8-13-12/h1-8H,(H,13,14,15). The van der Waals surface area contributed by atoms with Crippen molar-refractivity contribution in [1.29, 1.82) is 0 Å². The highest BCUT2D eigenvalue weighted by molar-refractivity contribution is 7.98. The van der Waals surface area contributed by atoms with Gasteiger partial charge in [-0.3, -0.25) is 0 Å². The number of rotatable bonds is 1. The summed E-state index contributed by atoms with van der Waals surface area (Å²) < 4.78 is 3.22. The van der Waals surface area contributed by atoms with E-state index in [9.17, 15) is 0 Å². The van der Waals surface area contributed by atoms with Crippen LogP contribution in [0.2, 0.25) is 0 Å². The predicted octanol–water partition coefficient (Wildman–Crippen LogP) is 2.77. The van der Waals surface area contributed by atoms with E-state index in [-0.39, 0.29) is 0 Å². The molecule has 78 valence electrons. The molecule has 2 aromatic rings. The Labute approximate surface area is 97.8 Å². The van der Waals surface area contributed by atoms with E-state index in [2.05, 4.69) is 14.7 Å². The van der Waals surface area contributed by atoms with Gasteiger partial charge in [0, 0.05) is 11.8 Å². The molecule has 0 saturated heterocycles. The van der Waals surface area contributed by atoms with Gasteiger partial charge in [0.25, 0.3) is 0 Å². The number of hydrogen-bond acceptors (Lipinski definition) is 4. The van der Waals surface area contributed by atoms with Gasteiger partial charge in [-0.25, -0.2) is 9.98 Å². The summed E-state index contributed by atoms with van der Waals surface area (Å²) >= 11 is 1.55. The minimum atomic E-state index is 0.783. The summed E-state index contributed by atoms with van der Waals surface area (Å²) in [6.45, 7) is 0. The monoisotopic (exact) mass is 227 g/mol. The molecule has 16 heavy (non-hydrogen) atoms. The predicted molar refractivity (Wildman–Crippen MR) is 65.9 cm³/mol. The first-order valence-electron chi connectivity index (χ1n) is 4.95. The number of pyridine rings is 1. The number of aromatic nitrogens is 1. The molecule has 1 aliphatic rings. The molecular weight excluding hydrogens is 218 g/mol. The van der Waals surface area contributed by atoms with Gasteiger partial charge in [0.15, 0.2) is 5.82 Å². The van der Waals surface area contributed by atoms with E-state index in [1.165, 1.54) is 0 Å². The van der Waals surface area contributed by atoms with Crippen molar-refractivity contribution in [1.82, 2.24) is 9.71 Å². The molecule has 3 rings (SSSR count). The lowest BCUT2D eigenvalue weighted by atomic mass is 10.2. The van der Waals surface area contributed by atoms with Gasteiger partial charge in [0.2, 0.25) is 0 Å². The Morgan fingerprint density at radius 3 is 2.75 bits per heavy atom. The van der Waals surface area contributed by atoms with Gasteiger partial charge in [0.1, 0.15) is 5.84 Å². The molecule has 4 heteroatoms. The van der Waals surface area contributed by atoms with Crippen LogP contribution in [0.25, 0.3) is 0 Å². The Morgan fingerprint density at radius 2 is 1.88 bits per heavy atom. The number of hydrogen-bond donors (Lipinski definition) is 1. The SMILES string of the molecule is c1ccc(C2=Nc3ncccc3SN2)cc1. The molecule has 1 aromatic carbocycles. The first-order chi connectivity index (χ1) is 7.93. The first-order valence-corrected chi connectivity index (χ1v) is 5.77. The molecule has 1 N–H and O–H groups in total. The van der Waals surface area contributed by atoms with E-state index in [0.717, 1.165) is 22.1 Å². The Morgan fingerprint density at radius 1 is 1.00 bits per heavy atom. The summed E-state index contributed by atoms with van der Waals surface area (Å²) in [7, 11) is 0. The highest BCUT2D eigenvalue weighted by Crippen LogP contribution is 2.29. The minimum absolute atomic E-state index is 0.783. The van der Waals surface area contributed by atoms with Crippen molar-refractivity contribution in [3.63, 3.8) is 0 Å². The molecule has 1 aliphatic heterocycles. The summed E-state index contributed by atoms with van der Waals surface area (Å²) in [5, 5.41) is 0. The molecule has 1 aromatic heterocycles. The van der Waals surface area contributed by atoms with E-state index < -0.39 is 0 Å². The summed E-state index contributed by atoms with van der Waals surface area (Å²) in [4.78, 5) is 9.79. The molecule has 0 spiro atoms. The molecule has 3 nitrogen and oxygen atoms in total. The maximum atomic E-state index is 4.49. The second-order valence-corrected chi connectivity index (χ2v) is 4.20. The van der Waals surface area contributed by atoms with Crippen LogP contribution >= 0.6 is 11.9 Å². The number of nitrogens with zero attached hydrogens (tertiary/aromatic N) is 2. The van der Waals surface area contributed by atoms with Crippen LogP contribution in [0.5, 0.6) is 0 Å².